The van der Waals surface area contributed by atoms with Crippen molar-refractivity contribution >= 4 is 34.6 Å². The number of rotatable bonds is 4. The molecular formula is C21H15ClFN5O. The number of carbonyl (C=O) groups is 1. The molecule has 0 aliphatic carbocycles. The van der Waals surface area contributed by atoms with E-state index in [1.165, 1.54) is 23.0 Å². The number of para-hydroxylation sites is 1. The lowest BCUT2D eigenvalue weighted by Gasteiger charge is -2.03. The third kappa shape index (κ3) is 3.86. The summed E-state index contributed by atoms with van der Waals surface area (Å²) in [6.45, 7) is 1.76. The number of amides is 1. The van der Waals surface area contributed by atoms with E-state index >= 15 is 0 Å². The van der Waals surface area contributed by atoms with Gasteiger partial charge in [-0.2, -0.15) is 10.2 Å². The molecule has 29 heavy (non-hydrogen) atoms. The molecule has 0 unspecified atom stereocenters. The highest BCUT2D eigenvalue weighted by molar-refractivity contribution is 6.32. The Morgan fingerprint density at radius 1 is 1.14 bits per heavy atom. The van der Waals surface area contributed by atoms with E-state index < -0.39 is 5.91 Å². The summed E-state index contributed by atoms with van der Waals surface area (Å²) in [5, 5.41) is 9.57. The van der Waals surface area contributed by atoms with Gasteiger partial charge in [-0.3, -0.25) is 4.79 Å². The standard InChI is InChI=1S/C21H15ClFN5O/c1-13-17(20(22)28(27-13)16-9-7-15(23)8-10-16)12-24-26-21(29)19-11-6-14-4-2-3-5-18(14)25-19/h2-12H,1H3,(H,26,29)/b24-12+. The molecule has 0 radical (unpaired) electrons. The van der Waals surface area contributed by atoms with Gasteiger partial charge >= 0.3 is 0 Å². The number of aryl methyl sites for hydroxylation is 1. The van der Waals surface area contributed by atoms with Crippen molar-refractivity contribution in [2.75, 3.05) is 0 Å². The molecule has 0 aliphatic heterocycles. The zero-order valence-electron chi connectivity index (χ0n) is 15.3. The van der Waals surface area contributed by atoms with Crippen LogP contribution in [0.25, 0.3) is 16.6 Å². The molecule has 2 aromatic heterocycles. The van der Waals surface area contributed by atoms with Crippen molar-refractivity contribution in [3.63, 3.8) is 0 Å². The van der Waals surface area contributed by atoms with Crippen molar-refractivity contribution in [1.82, 2.24) is 20.2 Å². The van der Waals surface area contributed by atoms with Gasteiger partial charge in [0.05, 0.1) is 28.7 Å². The lowest BCUT2D eigenvalue weighted by Crippen LogP contribution is -2.19. The minimum Gasteiger partial charge on any atom is -0.266 e. The fourth-order valence-corrected chi connectivity index (χ4v) is 3.14. The average molecular weight is 408 g/mol. The fourth-order valence-electron chi connectivity index (χ4n) is 2.82. The summed E-state index contributed by atoms with van der Waals surface area (Å²) in [4.78, 5) is 16.7. The monoisotopic (exact) mass is 407 g/mol. The quantitative estimate of drug-likeness (QED) is 0.405. The van der Waals surface area contributed by atoms with E-state index in [2.05, 4.69) is 20.6 Å². The molecule has 4 rings (SSSR count). The highest BCUT2D eigenvalue weighted by Gasteiger charge is 2.14. The second kappa shape index (κ2) is 7.81. The van der Waals surface area contributed by atoms with Gasteiger partial charge in [-0.25, -0.2) is 19.5 Å². The third-order valence-corrected chi connectivity index (χ3v) is 4.67. The number of pyridine rings is 1. The molecule has 0 saturated heterocycles. The number of hydrogen-bond acceptors (Lipinski definition) is 4. The van der Waals surface area contributed by atoms with Gasteiger partial charge in [0.1, 0.15) is 16.7 Å². The molecule has 0 saturated carbocycles. The largest absolute Gasteiger partial charge is 0.289 e. The Labute approximate surface area is 170 Å². The second-order valence-electron chi connectivity index (χ2n) is 6.27. The van der Waals surface area contributed by atoms with Crippen LogP contribution in [0.5, 0.6) is 0 Å². The van der Waals surface area contributed by atoms with Gasteiger partial charge in [0, 0.05) is 5.39 Å². The molecule has 1 amide bonds. The predicted octanol–water partition coefficient (Wildman–Crippen LogP) is 4.29. The van der Waals surface area contributed by atoms with Gasteiger partial charge in [-0.1, -0.05) is 35.9 Å². The Morgan fingerprint density at radius 2 is 1.90 bits per heavy atom. The molecule has 4 aromatic rings. The highest BCUT2D eigenvalue weighted by Crippen LogP contribution is 2.22. The number of halogens is 2. The molecule has 6 nitrogen and oxygen atoms in total. The summed E-state index contributed by atoms with van der Waals surface area (Å²) < 4.78 is 14.6. The molecular weight excluding hydrogens is 393 g/mol. The number of nitrogens with one attached hydrogen (secondary N) is 1. The molecule has 2 aromatic carbocycles. The topological polar surface area (TPSA) is 72.2 Å². The lowest BCUT2D eigenvalue weighted by atomic mass is 10.2. The minimum absolute atomic E-state index is 0.255. The van der Waals surface area contributed by atoms with Crippen molar-refractivity contribution in [3.8, 4) is 5.69 Å². The molecule has 1 N–H and O–H groups in total. The number of fused-ring (bicyclic) bond motifs is 1. The van der Waals surface area contributed by atoms with Crippen molar-refractivity contribution < 1.29 is 9.18 Å². The summed E-state index contributed by atoms with van der Waals surface area (Å²) in [6, 6.07) is 16.8. The van der Waals surface area contributed by atoms with Gasteiger partial charge in [-0.05, 0) is 43.3 Å². The molecule has 0 atom stereocenters. The van der Waals surface area contributed by atoms with Gasteiger partial charge in [-0.15, -0.1) is 0 Å². The summed E-state index contributed by atoms with van der Waals surface area (Å²) in [7, 11) is 0. The summed E-state index contributed by atoms with van der Waals surface area (Å²) in [6.07, 6.45) is 1.42. The first-order valence-corrected chi connectivity index (χ1v) is 9.11. The average Bonchev–Trinajstić information content (AvgIpc) is 3.02. The van der Waals surface area contributed by atoms with Crippen LogP contribution in [0.3, 0.4) is 0 Å². The maximum Gasteiger partial charge on any atom is 0.289 e. The Hall–Kier alpha value is -3.58. The van der Waals surface area contributed by atoms with Crippen LogP contribution in [-0.4, -0.2) is 26.9 Å². The number of hydrogen-bond donors (Lipinski definition) is 1. The number of nitrogens with zero attached hydrogens (tertiary/aromatic N) is 4. The fraction of sp³-hybridized carbons (Fsp3) is 0.0476. The summed E-state index contributed by atoms with van der Waals surface area (Å²) in [5.74, 6) is -0.785. The van der Waals surface area contributed by atoms with Crippen LogP contribution in [0.15, 0.2) is 65.8 Å². The second-order valence-corrected chi connectivity index (χ2v) is 6.62. The van der Waals surface area contributed by atoms with Crippen LogP contribution < -0.4 is 5.43 Å². The highest BCUT2D eigenvalue weighted by atomic mass is 35.5. The molecule has 0 fully saturated rings. The van der Waals surface area contributed by atoms with Crippen LogP contribution in [0.2, 0.25) is 5.15 Å². The van der Waals surface area contributed by atoms with Crippen LogP contribution >= 0.6 is 11.6 Å². The Balaban J connectivity index is 1.53. The van der Waals surface area contributed by atoms with E-state index in [-0.39, 0.29) is 11.5 Å². The lowest BCUT2D eigenvalue weighted by molar-refractivity contribution is 0.0950. The van der Waals surface area contributed by atoms with Crippen LogP contribution in [-0.2, 0) is 0 Å². The van der Waals surface area contributed by atoms with Crippen molar-refractivity contribution in [1.29, 1.82) is 0 Å². The summed E-state index contributed by atoms with van der Waals surface area (Å²) >= 11 is 6.39. The van der Waals surface area contributed by atoms with Crippen LogP contribution in [0.1, 0.15) is 21.7 Å². The number of aromatic nitrogens is 3. The van der Waals surface area contributed by atoms with Crippen LogP contribution in [0.4, 0.5) is 4.39 Å². The smallest absolute Gasteiger partial charge is 0.266 e. The van der Waals surface area contributed by atoms with E-state index in [0.717, 1.165) is 10.9 Å². The van der Waals surface area contributed by atoms with E-state index in [1.807, 2.05) is 30.3 Å². The van der Waals surface area contributed by atoms with Gasteiger partial charge < -0.3 is 0 Å². The van der Waals surface area contributed by atoms with Crippen molar-refractivity contribution in [2.45, 2.75) is 6.92 Å². The Bertz CT molecular complexity index is 1230. The number of benzene rings is 2. The molecule has 0 aliphatic rings. The van der Waals surface area contributed by atoms with Gasteiger partial charge in [0.15, 0.2) is 0 Å². The van der Waals surface area contributed by atoms with Crippen LogP contribution in [0, 0.1) is 12.7 Å². The normalized spacial score (nSPS) is 11.3. The van der Waals surface area contributed by atoms with Gasteiger partial charge in [0.2, 0.25) is 0 Å². The Morgan fingerprint density at radius 3 is 2.69 bits per heavy atom. The minimum atomic E-state index is -0.438. The zero-order valence-corrected chi connectivity index (χ0v) is 16.1. The molecule has 0 bridgehead atoms. The first kappa shape index (κ1) is 18.8. The van der Waals surface area contributed by atoms with Gasteiger partial charge in [0.25, 0.3) is 5.91 Å². The molecule has 2 heterocycles. The maximum atomic E-state index is 13.1. The Kier molecular flexibility index (Phi) is 5.05. The van der Waals surface area contributed by atoms with E-state index in [1.54, 1.807) is 25.1 Å². The molecule has 0 spiro atoms. The first-order valence-electron chi connectivity index (χ1n) is 8.73. The maximum absolute atomic E-state index is 13.1. The van der Waals surface area contributed by atoms with E-state index in [4.69, 9.17) is 11.6 Å². The first-order chi connectivity index (χ1) is 14.0. The summed E-state index contributed by atoms with van der Waals surface area (Å²) in [5.41, 5.74) is 5.20. The third-order valence-electron chi connectivity index (χ3n) is 4.31. The number of carbonyl (C=O) groups excluding carboxylic acids is 1. The predicted molar refractivity (Wildman–Crippen MR) is 110 cm³/mol. The van der Waals surface area contributed by atoms with Crippen molar-refractivity contribution in [2.24, 2.45) is 5.10 Å². The van der Waals surface area contributed by atoms with Crippen molar-refractivity contribution in [3.05, 3.63) is 88.6 Å². The zero-order chi connectivity index (χ0) is 20.4. The number of hydrazone groups is 1. The molecule has 144 valence electrons. The van der Waals surface area contributed by atoms with E-state index in [0.29, 0.717) is 22.1 Å². The SMILES string of the molecule is Cc1nn(-c2ccc(F)cc2)c(Cl)c1/C=N/NC(=O)c1ccc2ccccc2n1. The van der Waals surface area contributed by atoms with E-state index in [9.17, 15) is 9.18 Å². The molecule has 8 heteroatoms.